The average molecular weight is 352 g/mol. The molecule has 2 aliphatic carbocycles. The highest BCUT2D eigenvalue weighted by Crippen LogP contribution is 2.31. The van der Waals surface area contributed by atoms with Gasteiger partial charge in [-0.15, -0.1) is 5.10 Å². The van der Waals surface area contributed by atoms with Crippen molar-refractivity contribution < 1.29 is 4.79 Å². The highest BCUT2D eigenvalue weighted by Gasteiger charge is 2.26. The second kappa shape index (κ2) is 8.32. The molecule has 0 unspecified atom stereocenters. The Balaban J connectivity index is 1.52. The van der Waals surface area contributed by atoms with Gasteiger partial charge in [0.05, 0.1) is 11.8 Å². The fourth-order valence-electron chi connectivity index (χ4n) is 3.90. The van der Waals surface area contributed by atoms with Crippen molar-refractivity contribution in [2.45, 2.75) is 82.0 Å². The summed E-state index contributed by atoms with van der Waals surface area (Å²) < 4.78 is 1.94. The molecule has 0 aromatic carbocycles. The van der Waals surface area contributed by atoms with Gasteiger partial charge < -0.3 is 4.90 Å². The molecule has 6 nitrogen and oxygen atoms in total. The Bertz CT molecular complexity index is 535. The lowest BCUT2D eigenvalue weighted by Gasteiger charge is -2.33. The van der Waals surface area contributed by atoms with E-state index >= 15 is 0 Å². The molecule has 1 amide bonds. The second-order valence-electron chi connectivity index (χ2n) is 7.40. The van der Waals surface area contributed by atoms with Crippen molar-refractivity contribution in [3.05, 3.63) is 0 Å². The number of thioether (sulfide) groups is 1. The van der Waals surface area contributed by atoms with Gasteiger partial charge in [0.2, 0.25) is 11.1 Å². The van der Waals surface area contributed by atoms with Gasteiger partial charge in [0, 0.05) is 13.1 Å². The van der Waals surface area contributed by atoms with E-state index in [1.54, 1.807) is 0 Å². The van der Waals surface area contributed by atoms with Gasteiger partial charge in [-0.05, 0) is 54.9 Å². The molecule has 0 aliphatic heterocycles. The number of hydrogen-bond donors (Lipinski definition) is 0. The van der Waals surface area contributed by atoms with E-state index in [1.165, 1.54) is 43.9 Å². The van der Waals surface area contributed by atoms with Crippen LogP contribution in [0.4, 0.5) is 0 Å². The molecule has 1 heterocycles. The number of carbonyl (C=O) groups is 1. The van der Waals surface area contributed by atoms with E-state index in [4.69, 9.17) is 0 Å². The molecule has 134 valence electrons. The molecule has 0 saturated heterocycles. The first-order valence-electron chi connectivity index (χ1n) is 9.31. The fraction of sp³-hybridized carbons (Fsp3) is 0.882. The zero-order valence-electron chi connectivity index (χ0n) is 14.9. The Hall–Kier alpha value is -1.11. The van der Waals surface area contributed by atoms with E-state index in [0.717, 1.165) is 36.8 Å². The maximum absolute atomic E-state index is 12.5. The predicted molar refractivity (Wildman–Crippen MR) is 94.9 cm³/mol. The number of tetrazole rings is 1. The first-order chi connectivity index (χ1) is 11.6. The van der Waals surface area contributed by atoms with Crippen LogP contribution in [-0.2, 0) is 4.79 Å². The van der Waals surface area contributed by atoms with Crippen LogP contribution >= 0.6 is 11.8 Å². The van der Waals surface area contributed by atoms with Gasteiger partial charge in [0.15, 0.2) is 0 Å². The van der Waals surface area contributed by atoms with Crippen LogP contribution in [0.25, 0.3) is 0 Å². The Morgan fingerprint density at radius 2 is 1.88 bits per heavy atom. The summed E-state index contributed by atoms with van der Waals surface area (Å²) >= 11 is 1.48. The Morgan fingerprint density at radius 1 is 1.17 bits per heavy atom. The summed E-state index contributed by atoms with van der Waals surface area (Å²) in [5.74, 6) is 1.42. The zero-order valence-corrected chi connectivity index (χ0v) is 15.7. The Kier molecular flexibility index (Phi) is 6.14. The fourth-order valence-corrected chi connectivity index (χ4v) is 4.77. The Labute approximate surface area is 148 Å². The van der Waals surface area contributed by atoms with Crippen molar-refractivity contribution in [2.24, 2.45) is 5.92 Å². The number of nitrogens with zero attached hydrogens (tertiary/aromatic N) is 5. The molecule has 0 radical (unpaired) electrons. The van der Waals surface area contributed by atoms with Crippen molar-refractivity contribution in [3.63, 3.8) is 0 Å². The van der Waals surface area contributed by atoms with E-state index in [0.29, 0.717) is 17.8 Å². The molecule has 7 heteroatoms. The lowest BCUT2D eigenvalue weighted by molar-refractivity contribution is -0.129. The zero-order chi connectivity index (χ0) is 16.9. The summed E-state index contributed by atoms with van der Waals surface area (Å²) in [6.07, 6.45) is 10.8. The van der Waals surface area contributed by atoms with Gasteiger partial charge in [0.1, 0.15) is 0 Å². The maximum atomic E-state index is 12.5. The number of amides is 1. The monoisotopic (exact) mass is 351 g/mol. The van der Waals surface area contributed by atoms with Gasteiger partial charge in [-0.3, -0.25) is 4.79 Å². The summed E-state index contributed by atoms with van der Waals surface area (Å²) in [7, 11) is 1.95. The molecule has 24 heavy (non-hydrogen) atoms. The van der Waals surface area contributed by atoms with E-state index in [-0.39, 0.29) is 5.91 Å². The van der Waals surface area contributed by atoms with Crippen LogP contribution in [0.1, 0.15) is 70.8 Å². The van der Waals surface area contributed by atoms with E-state index in [1.807, 2.05) is 16.6 Å². The van der Waals surface area contributed by atoms with Crippen LogP contribution in [-0.4, -0.2) is 49.9 Å². The lowest BCUT2D eigenvalue weighted by Crippen LogP contribution is -2.40. The lowest BCUT2D eigenvalue weighted by atomic mass is 9.87. The van der Waals surface area contributed by atoms with Crippen LogP contribution < -0.4 is 0 Å². The van der Waals surface area contributed by atoms with Crippen LogP contribution in [0.5, 0.6) is 0 Å². The number of aromatic nitrogens is 4. The first kappa shape index (κ1) is 17.7. The van der Waals surface area contributed by atoms with Crippen molar-refractivity contribution in [2.75, 3.05) is 12.8 Å². The first-order valence-corrected chi connectivity index (χ1v) is 10.3. The molecule has 0 bridgehead atoms. The largest absolute Gasteiger partial charge is 0.342 e. The third-order valence-corrected chi connectivity index (χ3v) is 6.55. The molecule has 1 aromatic heterocycles. The van der Waals surface area contributed by atoms with Gasteiger partial charge in [-0.1, -0.05) is 37.9 Å². The van der Waals surface area contributed by atoms with Crippen LogP contribution in [0, 0.1) is 5.92 Å². The molecule has 0 N–H and O–H groups in total. The standard InChI is InChI=1S/C17H29N5OS/c1-13-8-10-14(11-9-13)21(2)16(23)12-24-17-18-19-20-22(17)15-6-4-3-5-7-15/h13-15H,3-12H2,1-2H3. The summed E-state index contributed by atoms with van der Waals surface area (Å²) in [6.45, 7) is 2.30. The minimum Gasteiger partial charge on any atom is -0.342 e. The average Bonchev–Trinajstić information content (AvgIpc) is 3.09. The topological polar surface area (TPSA) is 63.9 Å². The molecule has 2 saturated carbocycles. The van der Waals surface area contributed by atoms with Crippen molar-refractivity contribution in [3.8, 4) is 0 Å². The second-order valence-corrected chi connectivity index (χ2v) is 8.35. The van der Waals surface area contributed by atoms with E-state index < -0.39 is 0 Å². The van der Waals surface area contributed by atoms with Crippen LogP contribution in [0.15, 0.2) is 5.16 Å². The highest BCUT2D eigenvalue weighted by molar-refractivity contribution is 7.99. The predicted octanol–water partition coefficient (Wildman–Crippen LogP) is 3.31. The molecular formula is C17H29N5OS. The smallest absolute Gasteiger partial charge is 0.233 e. The third-order valence-electron chi connectivity index (χ3n) is 5.63. The number of rotatable bonds is 5. The normalized spacial score (nSPS) is 25.6. The van der Waals surface area contributed by atoms with E-state index in [2.05, 4.69) is 22.4 Å². The van der Waals surface area contributed by atoms with Gasteiger partial charge >= 0.3 is 0 Å². The summed E-state index contributed by atoms with van der Waals surface area (Å²) in [6, 6.07) is 0.813. The summed E-state index contributed by atoms with van der Waals surface area (Å²) in [5, 5.41) is 12.9. The number of hydrogen-bond acceptors (Lipinski definition) is 5. The Morgan fingerprint density at radius 3 is 2.58 bits per heavy atom. The molecule has 3 rings (SSSR count). The maximum Gasteiger partial charge on any atom is 0.233 e. The third kappa shape index (κ3) is 4.29. The van der Waals surface area contributed by atoms with Gasteiger partial charge in [-0.2, -0.15) is 0 Å². The molecule has 2 aliphatic rings. The molecule has 0 atom stereocenters. The molecular weight excluding hydrogens is 322 g/mol. The van der Waals surface area contributed by atoms with E-state index in [9.17, 15) is 4.79 Å². The minimum absolute atomic E-state index is 0.192. The van der Waals surface area contributed by atoms with Gasteiger partial charge in [-0.25, -0.2) is 4.68 Å². The summed E-state index contributed by atoms with van der Waals surface area (Å²) in [4.78, 5) is 14.5. The molecule has 0 spiro atoms. The molecule has 2 fully saturated rings. The highest BCUT2D eigenvalue weighted by atomic mass is 32.2. The van der Waals surface area contributed by atoms with Crippen LogP contribution in [0.2, 0.25) is 0 Å². The minimum atomic E-state index is 0.192. The van der Waals surface area contributed by atoms with Crippen molar-refractivity contribution >= 4 is 17.7 Å². The van der Waals surface area contributed by atoms with Crippen molar-refractivity contribution in [1.82, 2.24) is 25.1 Å². The quantitative estimate of drug-likeness (QED) is 0.762. The molecule has 1 aromatic rings. The van der Waals surface area contributed by atoms with Crippen molar-refractivity contribution in [1.29, 1.82) is 0 Å². The summed E-state index contributed by atoms with van der Waals surface area (Å²) in [5.41, 5.74) is 0. The SMILES string of the molecule is CC1CCC(N(C)C(=O)CSc2nnnn2C2CCCCC2)CC1. The van der Waals surface area contributed by atoms with Gasteiger partial charge in [0.25, 0.3) is 0 Å². The number of carbonyl (C=O) groups excluding carboxylic acids is 1. The van der Waals surface area contributed by atoms with Crippen LogP contribution in [0.3, 0.4) is 0 Å².